The third kappa shape index (κ3) is 2.68. The molecule has 0 radical (unpaired) electrons. The monoisotopic (exact) mass is 238 g/mol. The summed E-state index contributed by atoms with van der Waals surface area (Å²) < 4.78 is 0. The molecule has 0 aromatic rings. The molecule has 2 N–H and O–H groups in total. The van der Waals surface area contributed by atoms with Crippen LogP contribution >= 0.6 is 0 Å². The third-order valence-electron chi connectivity index (χ3n) is 5.45. The molecular formula is C15H30N2. The Balaban J connectivity index is 2.03. The van der Waals surface area contributed by atoms with E-state index in [1.165, 1.54) is 38.6 Å². The third-order valence-corrected chi connectivity index (χ3v) is 5.45. The molecule has 0 aromatic heterocycles. The quantitative estimate of drug-likeness (QED) is 0.819. The average Bonchev–Trinajstić information content (AvgIpc) is 2.64. The van der Waals surface area contributed by atoms with Crippen LogP contribution in [0, 0.1) is 11.3 Å². The second-order valence-electron chi connectivity index (χ2n) is 7.48. The molecule has 1 saturated carbocycles. The predicted molar refractivity (Wildman–Crippen MR) is 74.0 cm³/mol. The lowest BCUT2D eigenvalue weighted by atomic mass is 9.74. The van der Waals surface area contributed by atoms with Gasteiger partial charge in [-0.3, -0.25) is 4.90 Å². The zero-order valence-electron chi connectivity index (χ0n) is 12.1. The van der Waals surface area contributed by atoms with E-state index in [-0.39, 0.29) is 11.0 Å². The molecule has 2 heteroatoms. The zero-order chi connectivity index (χ0) is 12.7. The second-order valence-corrected chi connectivity index (χ2v) is 7.48. The van der Waals surface area contributed by atoms with Gasteiger partial charge in [0.05, 0.1) is 0 Å². The molecule has 0 aromatic carbocycles. The summed E-state index contributed by atoms with van der Waals surface area (Å²) in [5.41, 5.74) is 6.43. The van der Waals surface area contributed by atoms with Crippen LogP contribution in [0.15, 0.2) is 0 Å². The Morgan fingerprint density at radius 3 is 2.35 bits per heavy atom. The number of likely N-dealkylation sites (tertiary alicyclic amines) is 1. The molecule has 17 heavy (non-hydrogen) atoms. The summed E-state index contributed by atoms with van der Waals surface area (Å²) in [6.07, 6.45) is 7.19. The van der Waals surface area contributed by atoms with Crippen molar-refractivity contribution in [2.45, 2.75) is 71.4 Å². The molecule has 2 nitrogen and oxygen atoms in total. The Morgan fingerprint density at radius 2 is 1.71 bits per heavy atom. The Morgan fingerprint density at radius 1 is 1.06 bits per heavy atom. The molecule has 2 fully saturated rings. The lowest BCUT2D eigenvalue weighted by Crippen LogP contribution is -2.56. The van der Waals surface area contributed by atoms with Crippen molar-refractivity contribution in [3.8, 4) is 0 Å². The van der Waals surface area contributed by atoms with Crippen LogP contribution in [0.5, 0.6) is 0 Å². The average molecular weight is 238 g/mol. The van der Waals surface area contributed by atoms with Gasteiger partial charge in [0, 0.05) is 18.1 Å². The van der Waals surface area contributed by atoms with E-state index >= 15 is 0 Å². The van der Waals surface area contributed by atoms with E-state index in [2.05, 4.69) is 32.6 Å². The van der Waals surface area contributed by atoms with Crippen molar-refractivity contribution in [2.24, 2.45) is 17.1 Å². The molecule has 100 valence electrons. The van der Waals surface area contributed by atoms with Crippen molar-refractivity contribution in [1.82, 2.24) is 4.90 Å². The number of hydrogen-bond donors (Lipinski definition) is 1. The van der Waals surface area contributed by atoms with E-state index < -0.39 is 0 Å². The number of hydrogen-bond acceptors (Lipinski definition) is 2. The Hall–Kier alpha value is -0.0800. The van der Waals surface area contributed by atoms with Crippen LogP contribution in [0.1, 0.15) is 59.8 Å². The summed E-state index contributed by atoms with van der Waals surface area (Å²) in [7, 11) is 0. The molecule has 2 unspecified atom stereocenters. The number of fused-ring (bicyclic) bond motifs is 1. The van der Waals surface area contributed by atoms with Crippen molar-refractivity contribution in [3.05, 3.63) is 0 Å². The van der Waals surface area contributed by atoms with Gasteiger partial charge in [-0.2, -0.15) is 0 Å². The molecule has 1 heterocycles. The van der Waals surface area contributed by atoms with Gasteiger partial charge in [-0.25, -0.2) is 0 Å². The fourth-order valence-corrected chi connectivity index (χ4v) is 3.46. The molecule has 2 aliphatic rings. The second kappa shape index (κ2) is 4.55. The Labute approximate surface area is 107 Å². The Kier molecular flexibility index (Phi) is 3.57. The van der Waals surface area contributed by atoms with Crippen LogP contribution in [0.3, 0.4) is 0 Å². The lowest BCUT2D eigenvalue weighted by Gasteiger charge is -2.46. The normalized spacial score (nSPS) is 31.6. The van der Waals surface area contributed by atoms with Gasteiger partial charge in [-0.1, -0.05) is 20.3 Å². The van der Waals surface area contributed by atoms with Crippen LogP contribution in [0.25, 0.3) is 0 Å². The molecule has 2 rings (SSSR count). The van der Waals surface area contributed by atoms with Crippen LogP contribution in [0.4, 0.5) is 0 Å². The van der Waals surface area contributed by atoms with Crippen molar-refractivity contribution in [3.63, 3.8) is 0 Å². The topological polar surface area (TPSA) is 29.3 Å². The van der Waals surface area contributed by atoms with Gasteiger partial charge in [0.1, 0.15) is 0 Å². The summed E-state index contributed by atoms with van der Waals surface area (Å²) >= 11 is 0. The van der Waals surface area contributed by atoms with E-state index in [0.717, 1.165) is 18.5 Å². The van der Waals surface area contributed by atoms with Crippen LogP contribution in [-0.2, 0) is 0 Å². The molecular weight excluding hydrogens is 208 g/mol. The highest BCUT2D eigenvalue weighted by Crippen LogP contribution is 2.39. The highest BCUT2D eigenvalue weighted by molar-refractivity contribution is 4.96. The highest BCUT2D eigenvalue weighted by Gasteiger charge is 2.40. The van der Waals surface area contributed by atoms with E-state index in [1.807, 2.05) is 0 Å². The smallest absolute Gasteiger partial charge is 0.0161 e. The molecule has 1 saturated heterocycles. The Bertz CT molecular complexity index is 265. The largest absolute Gasteiger partial charge is 0.325 e. The maximum atomic E-state index is 6.34. The molecule has 0 amide bonds. The highest BCUT2D eigenvalue weighted by atomic mass is 15.2. The maximum absolute atomic E-state index is 6.34. The van der Waals surface area contributed by atoms with Crippen LogP contribution in [0.2, 0.25) is 0 Å². The van der Waals surface area contributed by atoms with Gasteiger partial charge >= 0.3 is 0 Å². The summed E-state index contributed by atoms with van der Waals surface area (Å²) in [5, 5.41) is 0. The molecule has 0 spiro atoms. The van der Waals surface area contributed by atoms with Crippen LogP contribution < -0.4 is 5.73 Å². The minimum absolute atomic E-state index is 0.0987. The minimum atomic E-state index is -0.0987. The van der Waals surface area contributed by atoms with E-state index in [9.17, 15) is 0 Å². The van der Waals surface area contributed by atoms with Gasteiger partial charge < -0.3 is 5.73 Å². The first kappa shape index (κ1) is 13.4. The number of rotatable bonds is 3. The zero-order valence-corrected chi connectivity index (χ0v) is 12.1. The molecule has 0 bridgehead atoms. The minimum Gasteiger partial charge on any atom is -0.325 e. The van der Waals surface area contributed by atoms with Crippen LogP contribution in [-0.4, -0.2) is 29.6 Å². The summed E-state index contributed by atoms with van der Waals surface area (Å²) in [4.78, 5) is 2.75. The van der Waals surface area contributed by atoms with E-state index in [1.54, 1.807) is 0 Å². The predicted octanol–water partition coefficient (Wildman–Crippen LogP) is 3.01. The van der Waals surface area contributed by atoms with Crippen molar-refractivity contribution >= 4 is 0 Å². The first-order chi connectivity index (χ1) is 7.81. The van der Waals surface area contributed by atoms with Crippen molar-refractivity contribution in [2.75, 3.05) is 13.1 Å². The van der Waals surface area contributed by atoms with Gasteiger partial charge in [-0.15, -0.1) is 0 Å². The van der Waals surface area contributed by atoms with E-state index in [4.69, 9.17) is 5.73 Å². The van der Waals surface area contributed by atoms with Gasteiger partial charge in [-0.05, 0) is 57.4 Å². The van der Waals surface area contributed by atoms with Gasteiger partial charge in [0.25, 0.3) is 0 Å². The van der Waals surface area contributed by atoms with Crippen molar-refractivity contribution < 1.29 is 0 Å². The standard InChI is InChI=1S/C15H30N2/c1-14(2,15(3,4)16)11-17-10-6-8-12-7-5-9-13(12)17/h12-13H,5-11,16H2,1-4H3. The number of nitrogens with two attached hydrogens (primary N) is 1. The number of nitrogens with zero attached hydrogens (tertiary/aromatic N) is 1. The van der Waals surface area contributed by atoms with Crippen molar-refractivity contribution in [1.29, 1.82) is 0 Å². The maximum Gasteiger partial charge on any atom is 0.0161 e. The lowest BCUT2D eigenvalue weighted by molar-refractivity contribution is 0.0443. The SMILES string of the molecule is CC(C)(N)C(C)(C)CN1CCCC2CCCC21. The fourth-order valence-electron chi connectivity index (χ4n) is 3.46. The summed E-state index contributed by atoms with van der Waals surface area (Å²) in [5.74, 6) is 0.987. The summed E-state index contributed by atoms with van der Waals surface area (Å²) in [6, 6.07) is 0.866. The van der Waals surface area contributed by atoms with E-state index in [0.29, 0.717) is 0 Å². The number of piperidine rings is 1. The van der Waals surface area contributed by atoms with Gasteiger partial charge in [0.15, 0.2) is 0 Å². The molecule has 1 aliphatic heterocycles. The molecule has 2 atom stereocenters. The first-order valence-electron chi connectivity index (χ1n) is 7.34. The fraction of sp³-hybridized carbons (Fsp3) is 1.00. The summed E-state index contributed by atoms with van der Waals surface area (Å²) in [6.45, 7) is 11.4. The first-order valence-corrected chi connectivity index (χ1v) is 7.34. The van der Waals surface area contributed by atoms with Gasteiger partial charge in [0.2, 0.25) is 0 Å². The molecule has 1 aliphatic carbocycles.